The van der Waals surface area contributed by atoms with Crippen molar-refractivity contribution in [3.63, 3.8) is 0 Å². The summed E-state index contributed by atoms with van der Waals surface area (Å²) in [5.74, 6) is 1.11. The number of aryl methyl sites for hydroxylation is 1. The Labute approximate surface area is 128 Å². The van der Waals surface area contributed by atoms with Gasteiger partial charge in [0.05, 0.1) is 6.10 Å². The molecule has 0 aliphatic carbocycles. The van der Waals surface area contributed by atoms with E-state index >= 15 is 0 Å². The molecular formula is C16H19N3O3. The summed E-state index contributed by atoms with van der Waals surface area (Å²) in [5.41, 5.74) is 1.36. The van der Waals surface area contributed by atoms with E-state index < -0.39 is 0 Å². The lowest BCUT2D eigenvalue weighted by Gasteiger charge is -2.18. The summed E-state index contributed by atoms with van der Waals surface area (Å²) >= 11 is 0. The molecule has 1 saturated heterocycles. The van der Waals surface area contributed by atoms with Crippen LogP contribution in [0.1, 0.15) is 29.6 Å². The first kappa shape index (κ1) is 14.7. The van der Waals surface area contributed by atoms with Gasteiger partial charge in [0.2, 0.25) is 11.7 Å². The number of likely N-dealkylation sites (tertiary alicyclic amines) is 1. The molecule has 1 aliphatic rings. The molecule has 6 nitrogen and oxygen atoms in total. The standard InChI is InChI=1S/C16H19N3O3/c1-10(20)14-6-7-19(9-14)16(21)13-5-3-4-12(8-13)15-17-11(2)22-18-15/h3-5,8,10,14,20H,6-7,9H2,1-2H3. The van der Waals surface area contributed by atoms with Crippen LogP contribution in [0.5, 0.6) is 0 Å². The third kappa shape index (κ3) is 2.87. The van der Waals surface area contributed by atoms with Crippen molar-refractivity contribution in [3.8, 4) is 11.4 Å². The number of aliphatic hydroxyl groups is 1. The average molecular weight is 301 g/mol. The van der Waals surface area contributed by atoms with Crippen molar-refractivity contribution < 1.29 is 14.4 Å². The summed E-state index contributed by atoms with van der Waals surface area (Å²) < 4.78 is 4.98. The SMILES string of the molecule is Cc1nc(-c2cccc(C(=O)N3CCC(C(C)O)C3)c2)no1. The highest BCUT2D eigenvalue weighted by Crippen LogP contribution is 2.23. The molecule has 0 saturated carbocycles. The molecule has 0 bridgehead atoms. The van der Waals surface area contributed by atoms with Gasteiger partial charge in [-0.25, -0.2) is 0 Å². The number of amides is 1. The van der Waals surface area contributed by atoms with E-state index in [2.05, 4.69) is 10.1 Å². The van der Waals surface area contributed by atoms with Crippen molar-refractivity contribution in [2.75, 3.05) is 13.1 Å². The first-order chi connectivity index (χ1) is 10.5. The summed E-state index contributed by atoms with van der Waals surface area (Å²) in [6.45, 7) is 4.78. The van der Waals surface area contributed by atoms with Gasteiger partial charge in [-0.1, -0.05) is 17.3 Å². The average Bonchev–Trinajstić information content (AvgIpc) is 3.15. The van der Waals surface area contributed by atoms with Crippen molar-refractivity contribution in [3.05, 3.63) is 35.7 Å². The number of carbonyl (C=O) groups is 1. The maximum Gasteiger partial charge on any atom is 0.253 e. The fourth-order valence-corrected chi connectivity index (χ4v) is 2.76. The van der Waals surface area contributed by atoms with Crippen LogP contribution in [-0.4, -0.2) is 45.2 Å². The molecule has 1 fully saturated rings. The van der Waals surface area contributed by atoms with Crippen LogP contribution in [0.15, 0.2) is 28.8 Å². The predicted octanol–water partition coefficient (Wildman–Crippen LogP) is 1.89. The van der Waals surface area contributed by atoms with Crippen LogP contribution in [0, 0.1) is 12.8 Å². The summed E-state index contributed by atoms with van der Waals surface area (Å²) in [7, 11) is 0. The number of rotatable bonds is 3. The van der Waals surface area contributed by atoms with Crippen LogP contribution >= 0.6 is 0 Å². The second kappa shape index (κ2) is 5.88. The summed E-state index contributed by atoms with van der Waals surface area (Å²) in [6.07, 6.45) is 0.457. The van der Waals surface area contributed by atoms with Crippen LogP contribution in [0.4, 0.5) is 0 Å². The lowest BCUT2D eigenvalue weighted by molar-refractivity contribution is 0.0762. The fraction of sp³-hybridized carbons (Fsp3) is 0.438. The Bertz CT molecular complexity index is 681. The molecule has 0 spiro atoms. The highest BCUT2D eigenvalue weighted by Gasteiger charge is 2.29. The second-order valence-electron chi connectivity index (χ2n) is 5.76. The number of benzene rings is 1. The molecule has 6 heteroatoms. The van der Waals surface area contributed by atoms with Crippen LogP contribution in [-0.2, 0) is 0 Å². The molecule has 3 rings (SSSR count). The molecule has 2 unspecified atom stereocenters. The Hall–Kier alpha value is -2.21. The monoisotopic (exact) mass is 301 g/mol. The topological polar surface area (TPSA) is 79.5 Å². The van der Waals surface area contributed by atoms with Gasteiger partial charge in [0.1, 0.15) is 0 Å². The molecule has 2 heterocycles. The lowest BCUT2D eigenvalue weighted by atomic mass is 10.0. The Morgan fingerprint density at radius 3 is 2.95 bits per heavy atom. The summed E-state index contributed by atoms with van der Waals surface area (Å²) in [4.78, 5) is 18.6. The molecule has 2 aromatic rings. The molecule has 1 N–H and O–H groups in total. The molecule has 1 aromatic carbocycles. The number of hydrogen-bond acceptors (Lipinski definition) is 5. The van der Waals surface area contributed by atoms with Crippen LogP contribution in [0.25, 0.3) is 11.4 Å². The zero-order valence-corrected chi connectivity index (χ0v) is 12.7. The van der Waals surface area contributed by atoms with E-state index in [4.69, 9.17) is 4.52 Å². The predicted molar refractivity (Wildman–Crippen MR) is 80.2 cm³/mol. The highest BCUT2D eigenvalue weighted by molar-refractivity contribution is 5.95. The van der Waals surface area contributed by atoms with Crippen molar-refractivity contribution in [2.24, 2.45) is 5.92 Å². The van der Waals surface area contributed by atoms with Gasteiger partial charge in [0.25, 0.3) is 5.91 Å². The number of aromatic nitrogens is 2. The van der Waals surface area contributed by atoms with Gasteiger partial charge >= 0.3 is 0 Å². The maximum absolute atomic E-state index is 12.6. The van der Waals surface area contributed by atoms with E-state index in [0.29, 0.717) is 30.4 Å². The molecular weight excluding hydrogens is 282 g/mol. The zero-order valence-electron chi connectivity index (χ0n) is 12.7. The molecule has 1 aromatic heterocycles. The van der Waals surface area contributed by atoms with Crippen LogP contribution < -0.4 is 0 Å². The molecule has 1 aliphatic heterocycles. The Kier molecular flexibility index (Phi) is 3.94. The molecule has 116 valence electrons. The van der Waals surface area contributed by atoms with E-state index in [-0.39, 0.29) is 17.9 Å². The van der Waals surface area contributed by atoms with Gasteiger partial charge in [-0.05, 0) is 25.5 Å². The van der Waals surface area contributed by atoms with E-state index in [1.165, 1.54) is 0 Å². The first-order valence-electron chi connectivity index (χ1n) is 7.42. The van der Waals surface area contributed by atoms with Crippen LogP contribution in [0.2, 0.25) is 0 Å². The largest absolute Gasteiger partial charge is 0.393 e. The minimum Gasteiger partial charge on any atom is -0.393 e. The third-order valence-electron chi connectivity index (χ3n) is 4.09. The van der Waals surface area contributed by atoms with Crippen molar-refractivity contribution in [1.82, 2.24) is 15.0 Å². The summed E-state index contributed by atoms with van der Waals surface area (Å²) in [6, 6.07) is 7.23. The number of nitrogens with zero attached hydrogens (tertiary/aromatic N) is 3. The van der Waals surface area contributed by atoms with Gasteiger partial charge in [0.15, 0.2) is 0 Å². The summed E-state index contributed by atoms with van der Waals surface area (Å²) in [5, 5.41) is 13.5. The second-order valence-corrected chi connectivity index (χ2v) is 5.76. The van der Waals surface area contributed by atoms with Gasteiger partial charge < -0.3 is 14.5 Å². The highest BCUT2D eigenvalue weighted by atomic mass is 16.5. The number of aliphatic hydroxyl groups excluding tert-OH is 1. The van der Waals surface area contributed by atoms with Gasteiger partial charge in [0, 0.05) is 37.1 Å². The van der Waals surface area contributed by atoms with E-state index in [1.54, 1.807) is 30.9 Å². The minimum absolute atomic E-state index is 0.0229. The lowest BCUT2D eigenvalue weighted by Crippen LogP contribution is -2.30. The first-order valence-corrected chi connectivity index (χ1v) is 7.42. The van der Waals surface area contributed by atoms with Crippen molar-refractivity contribution >= 4 is 5.91 Å². The normalized spacial score (nSPS) is 19.4. The maximum atomic E-state index is 12.6. The van der Waals surface area contributed by atoms with Crippen LogP contribution in [0.3, 0.4) is 0 Å². The molecule has 2 atom stereocenters. The Morgan fingerprint density at radius 1 is 1.50 bits per heavy atom. The molecule has 0 radical (unpaired) electrons. The molecule has 1 amide bonds. The number of hydrogen-bond donors (Lipinski definition) is 1. The Balaban J connectivity index is 1.79. The van der Waals surface area contributed by atoms with Gasteiger partial charge in [-0.2, -0.15) is 4.98 Å². The van der Waals surface area contributed by atoms with Gasteiger partial charge in [-0.3, -0.25) is 4.79 Å². The van der Waals surface area contributed by atoms with Crippen molar-refractivity contribution in [2.45, 2.75) is 26.4 Å². The smallest absolute Gasteiger partial charge is 0.253 e. The number of carbonyl (C=O) groups excluding carboxylic acids is 1. The zero-order chi connectivity index (χ0) is 15.7. The van der Waals surface area contributed by atoms with Crippen molar-refractivity contribution in [1.29, 1.82) is 0 Å². The Morgan fingerprint density at radius 2 is 2.32 bits per heavy atom. The van der Waals surface area contributed by atoms with E-state index in [0.717, 1.165) is 12.0 Å². The third-order valence-corrected chi connectivity index (χ3v) is 4.09. The van der Waals surface area contributed by atoms with E-state index in [1.807, 2.05) is 12.1 Å². The minimum atomic E-state index is -0.383. The quantitative estimate of drug-likeness (QED) is 0.936. The van der Waals surface area contributed by atoms with E-state index in [9.17, 15) is 9.90 Å². The van der Waals surface area contributed by atoms with Gasteiger partial charge in [-0.15, -0.1) is 0 Å². The fourth-order valence-electron chi connectivity index (χ4n) is 2.76. The molecule has 22 heavy (non-hydrogen) atoms.